The van der Waals surface area contributed by atoms with E-state index in [1.54, 1.807) is 5.57 Å². The third-order valence-electron chi connectivity index (χ3n) is 7.94. The van der Waals surface area contributed by atoms with E-state index in [4.69, 9.17) is 0 Å². The van der Waals surface area contributed by atoms with Gasteiger partial charge in [0.1, 0.15) is 5.82 Å². The van der Waals surface area contributed by atoms with Crippen molar-refractivity contribution in [3.63, 3.8) is 0 Å². The molecule has 0 saturated carbocycles. The van der Waals surface area contributed by atoms with Crippen molar-refractivity contribution in [1.82, 2.24) is 4.98 Å². The van der Waals surface area contributed by atoms with Gasteiger partial charge in [-0.1, -0.05) is 48.0 Å². The van der Waals surface area contributed by atoms with Gasteiger partial charge in [-0.3, -0.25) is 4.79 Å². The van der Waals surface area contributed by atoms with Crippen LogP contribution in [0.25, 0.3) is 5.57 Å². The Morgan fingerprint density at radius 2 is 1.83 bits per heavy atom. The van der Waals surface area contributed by atoms with E-state index in [9.17, 15) is 4.79 Å². The van der Waals surface area contributed by atoms with Crippen LogP contribution in [-0.4, -0.2) is 24.4 Å². The number of benzene rings is 2. The Morgan fingerprint density at radius 1 is 1.08 bits per heavy atom. The minimum Gasteiger partial charge on any atom is -0.378 e. The Labute approximate surface area is 214 Å². The monoisotopic (exact) mass is 477 g/mol. The molecule has 184 valence electrons. The molecule has 2 aliphatic rings. The lowest BCUT2D eigenvalue weighted by molar-refractivity contribution is 0.112. The number of nitrogens with zero attached hydrogens (tertiary/aromatic N) is 2. The first-order valence-electron chi connectivity index (χ1n) is 13.0. The number of hydrogen-bond acceptors (Lipinski definition) is 4. The lowest BCUT2D eigenvalue weighted by Crippen LogP contribution is -2.35. The second kappa shape index (κ2) is 10.1. The number of aryl methyl sites for hydroxylation is 1. The lowest BCUT2D eigenvalue weighted by Gasteiger charge is -2.37. The summed E-state index contributed by atoms with van der Waals surface area (Å²) in [6, 6.07) is 18.5. The number of hydrogen-bond donors (Lipinski definition) is 1. The fourth-order valence-electron chi connectivity index (χ4n) is 5.91. The predicted octanol–water partition coefficient (Wildman–Crippen LogP) is 7.18. The molecule has 5 rings (SSSR count). The van der Waals surface area contributed by atoms with Gasteiger partial charge in [0.25, 0.3) is 0 Å². The number of pyridine rings is 1. The van der Waals surface area contributed by atoms with E-state index in [2.05, 4.69) is 66.8 Å². The summed E-state index contributed by atoms with van der Waals surface area (Å²) in [5.74, 6) is 1.64. The molecule has 0 amide bonds. The first-order chi connectivity index (χ1) is 17.5. The average molecular weight is 478 g/mol. The highest BCUT2D eigenvalue weighted by molar-refractivity contribution is 5.85. The van der Waals surface area contributed by atoms with Gasteiger partial charge in [-0.2, -0.15) is 0 Å². The van der Waals surface area contributed by atoms with Gasteiger partial charge in [0.2, 0.25) is 0 Å². The maximum atomic E-state index is 11.6. The van der Waals surface area contributed by atoms with E-state index in [1.807, 2.05) is 36.5 Å². The molecular weight excluding hydrogens is 442 g/mol. The van der Waals surface area contributed by atoms with Gasteiger partial charge in [-0.25, -0.2) is 4.98 Å². The van der Waals surface area contributed by atoms with Crippen molar-refractivity contribution in [3.05, 3.63) is 106 Å². The SMILES string of the molecule is C=C1C(C)=C(C2CCN(c3ccccn3)CC2)Cc2c1cc(C)cc2C(C)Nc1ccccc1C=O. The lowest BCUT2D eigenvalue weighted by atomic mass is 9.73. The van der Waals surface area contributed by atoms with E-state index < -0.39 is 0 Å². The Balaban J connectivity index is 1.41. The maximum Gasteiger partial charge on any atom is 0.152 e. The number of anilines is 2. The molecular formula is C32H35N3O. The molecule has 1 unspecified atom stereocenters. The molecule has 1 N–H and O–H groups in total. The van der Waals surface area contributed by atoms with Crippen LogP contribution in [0.3, 0.4) is 0 Å². The zero-order valence-electron chi connectivity index (χ0n) is 21.6. The number of aldehydes is 1. The van der Waals surface area contributed by atoms with E-state index >= 15 is 0 Å². The third-order valence-corrected chi connectivity index (χ3v) is 7.94. The molecule has 1 atom stereocenters. The minimum absolute atomic E-state index is 0.0678. The van der Waals surface area contributed by atoms with Crippen LogP contribution >= 0.6 is 0 Å². The Bertz CT molecular complexity index is 1320. The highest BCUT2D eigenvalue weighted by Crippen LogP contribution is 2.43. The third kappa shape index (κ3) is 4.60. The summed E-state index contributed by atoms with van der Waals surface area (Å²) >= 11 is 0. The van der Waals surface area contributed by atoms with Gasteiger partial charge in [-0.15, -0.1) is 0 Å². The van der Waals surface area contributed by atoms with Crippen LogP contribution in [0.15, 0.2) is 78.5 Å². The van der Waals surface area contributed by atoms with Crippen molar-refractivity contribution in [2.45, 2.75) is 46.1 Å². The highest BCUT2D eigenvalue weighted by Gasteiger charge is 2.30. The molecule has 4 heteroatoms. The van der Waals surface area contributed by atoms with Crippen LogP contribution in [0.2, 0.25) is 0 Å². The van der Waals surface area contributed by atoms with Gasteiger partial charge < -0.3 is 10.2 Å². The number of rotatable bonds is 6. The molecule has 3 aromatic rings. The zero-order valence-corrected chi connectivity index (χ0v) is 21.6. The summed E-state index contributed by atoms with van der Waals surface area (Å²) < 4.78 is 0. The van der Waals surface area contributed by atoms with Crippen molar-refractivity contribution < 1.29 is 4.79 Å². The Kier molecular flexibility index (Phi) is 6.77. The normalized spacial score (nSPS) is 17.1. The van der Waals surface area contributed by atoms with E-state index in [1.165, 1.54) is 27.8 Å². The summed E-state index contributed by atoms with van der Waals surface area (Å²) in [4.78, 5) is 18.5. The second-order valence-corrected chi connectivity index (χ2v) is 10.2. The van der Waals surface area contributed by atoms with Crippen molar-refractivity contribution >= 4 is 23.4 Å². The number of carbonyl (C=O) groups excluding carboxylic acids is 1. The molecule has 0 radical (unpaired) electrons. The Hall–Kier alpha value is -3.66. The fourth-order valence-corrected chi connectivity index (χ4v) is 5.91. The van der Waals surface area contributed by atoms with Gasteiger partial charge in [0.05, 0.1) is 0 Å². The van der Waals surface area contributed by atoms with Gasteiger partial charge in [0, 0.05) is 36.6 Å². The standard InChI is InChI=1S/C32H35N3O/c1-21-17-28-23(3)22(2)27(25-12-15-35(16-13-25)32-11-7-8-14-33-32)19-30(28)29(18-21)24(4)34-31-10-6-5-9-26(31)20-36/h5-11,14,17-18,20,24-25,34H,3,12-13,15-16,19H2,1-2,4H3. The van der Waals surface area contributed by atoms with E-state index in [0.717, 1.165) is 55.7 Å². The van der Waals surface area contributed by atoms with Crippen LogP contribution in [0.1, 0.15) is 65.3 Å². The molecule has 36 heavy (non-hydrogen) atoms. The summed E-state index contributed by atoms with van der Waals surface area (Å²) in [6.07, 6.45) is 6.03. The molecule has 1 fully saturated rings. The van der Waals surface area contributed by atoms with Crippen LogP contribution < -0.4 is 10.2 Å². The molecule has 2 heterocycles. The molecule has 1 aliphatic heterocycles. The van der Waals surface area contributed by atoms with Crippen LogP contribution in [-0.2, 0) is 6.42 Å². The highest BCUT2D eigenvalue weighted by atomic mass is 16.1. The van der Waals surface area contributed by atoms with Crippen molar-refractivity contribution in [2.75, 3.05) is 23.3 Å². The van der Waals surface area contributed by atoms with Gasteiger partial charge >= 0.3 is 0 Å². The smallest absolute Gasteiger partial charge is 0.152 e. The Morgan fingerprint density at radius 3 is 2.56 bits per heavy atom. The minimum atomic E-state index is 0.0678. The fraction of sp³-hybridized carbons (Fsp3) is 0.312. The van der Waals surface area contributed by atoms with Crippen molar-refractivity contribution in [2.24, 2.45) is 5.92 Å². The number of piperidine rings is 1. The van der Waals surface area contributed by atoms with Crippen LogP contribution in [0.5, 0.6) is 0 Å². The molecule has 1 aromatic heterocycles. The molecule has 1 aliphatic carbocycles. The molecule has 0 bridgehead atoms. The predicted molar refractivity (Wildman–Crippen MR) is 150 cm³/mol. The van der Waals surface area contributed by atoms with E-state index in [0.29, 0.717) is 11.5 Å². The number of para-hydroxylation sites is 1. The molecule has 1 saturated heterocycles. The summed E-state index contributed by atoms with van der Waals surface area (Å²) in [5.41, 5.74) is 10.8. The van der Waals surface area contributed by atoms with Crippen LogP contribution in [0.4, 0.5) is 11.5 Å². The number of allylic oxidation sites excluding steroid dienone is 3. The largest absolute Gasteiger partial charge is 0.378 e. The maximum absolute atomic E-state index is 11.6. The zero-order chi connectivity index (χ0) is 25.2. The van der Waals surface area contributed by atoms with Crippen LogP contribution in [0, 0.1) is 12.8 Å². The summed E-state index contributed by atoms with van der Waals surface area (Å²) in [5, 5.41) is 3.61. The van der Waals surface area contributed by atoms with Crippen molar-refractivity contribution in [1.29, 1.82) is 0 Å². The second-order valence-electron chi connectivity index (χ2n) is 10.2. The average Bonchev–Trinajstić information content (AvgIpc) is 2.91. The topological polar surface area (TPSA) is 45.2 Å². The number of carbonyl (C=O) groups is 1. The number of nitrogens with one attached hydrogen (secondary N) is 1. The van der Waals surface area contributed by atoms with E-state index in [-0.39, 0.29) is 6.04 Å². The summed E-state index contributed by atoms with van der Waals surface area (Å²) in [6.45, 7) is 13.2. The summed E-state index contributed by atoms with van der Waals surface area (Å²) in [7, 11) is 0. The number of fused-ring (bicyclic) bond motifs is 1. The first-order valence-corrected chi connectivity index (χ1v) is 13.0. The quantitative estimate of drug-likeness (QED) is 0.382. The van der Waals surface area contributed by atoms with Gasteiger partial charge in [0.15, 0.2) is 6.29 Å². The molecule has 4 nitrogen and oxygen atoms in total. The molecule has 2 aromatic carbocycles. The van der Waals surface area contributed by atoms with Crippen molar-refractivity contribution in [3.8, 4) is 0 Å². The number of aromatic nitrogens is 1. The molecule has 0 spiro atoms. The van der Waals surface area contributed by atoms with Gasteiger partial charge in [-0.05, 0) is 98.1 Å². The first kappa shape index (κ1) is 24.1.